The Hall–Kier alpha value is -3.67. The molecule has 0 spiro atoms. The molecule has 0 amide bonds. The van der Waals surface area contributed by atoms with E-state index in [-0.39, 0.29) is 12.1 Å². The third kappa shape index (κ3) is 4.27. The van der Waals surface area contributed by atoms with E-state index in [0.29, 0.717) is 23.4 Å². The number of hydrazone groups is 1. The highest BCUT2D eigenvalue weighted by Crippen LogP contribution is 2.34. The lowest BCUT2D eigenvalue weighted by Crippen LogP contribution is -2.22. The van der Waals surface area contributed by atoms with E-state index in [1.807, 2.05) is 13.0 Å². The second-order valence-corrected chi connectivity index (χ2v) is 6.59. The minimum absolute atomic E-state index is 0.0979. The van der Waals surface area contributed by atoms with Gasteiger partial charge < -0.3 is 0 Å². The number of allylic oxidation sites excluding steroid dienone is 4. The smallest absolute Gasteiger partial charge is 0.288 e. The summed E-state index contributed by atoms with van der Waals surface area (Å²) in [6, 6.07) is 7.60. The summed E-state index contributed by atoms with van der Waals surface area (Å²) < 4.78 is 29.7. The first-order chi connectivity index (χ1) is 13.8. The fourth-order valence-electron chi connectivity index (χ4n) is 2.86. The van der Waals surface area contributed by atoms with Crippen LogP contribution >= 0.6 is 0 Å². The SMILES string of the molecule is C=C1/C=C\C(C(F)(F)c2nnn[nH]2)=C/CN(Cc2c(C)cccc2C#N)/N=C\1C. The van der Waals surface area contributed by atoms with Gasteiger partial charge in [0.15, 0.2) is 0 Å². The van der Waals surface area contributed by atoms with E-state index in [1.54, 1.807) is 24.1 Å². The lowest BCUT2D eigenvalue weighted by atomic mass is 10.0. The molecule has 1 N–H and O–H groups in total. The first-order valence-electron chi connectivity index (χ1n) is 8.81. The molecule has 1 aromatic carbocycles. The molecule has 0 atom stereocenters. The van der Waals surface area contributed by atoms with E-state index in [4.69, 9.17) is 0 Å². The van der Waals surface area contributed by atoms with E-state index >= 15 is 0 Å². The normalized spacial score (nSPS) is 19.8. The summed E-state index contributed by atoms with van der Waals surface area (Å²) in [7, 11) is 0. The molecule has 0 bridgehead atoms. The number of aromatic nitrogens is 4. The van der Waals surface area contributed by atoms with Crippen LogP contribution in [-0.2, 0) is 12.5 Å². The summed E-state index contributed by atoms with van der Waals surface area (Å²) in [6.07, 6.45) is 4.15. The summed E-state index contributed by atoms with van der Waals surface area (Å²) in [5, 5.41) is 27.5. The van der Waals surface area contributed by atoms with E-state index in [0.717, 1.165) is 11.1 Å². The van der Waals surface area contributed by atoms with Crippen LogP contribution in [0.5, 0.6) is 0 Å². The monoisotopic (exact) mass is 395 g/mol. The van der Waals surface area contributed by atoms with Gasteiger partial charge in [-0.15, -0.1) is 5.10 Å². The largest absolute Gasteiger partial charge is 0.332 e. The predicted octanol–water partition coefficient (Wildman–Crippen LogP) is 3.40. The maximum Gasteiger partial charge on any atom is 0.332 e. The number of aromatic amines is 1. The van der Waals surface area contributed by atoms with E-state index in [2.05, 4.69) is 38.4 Å². The Morgan fingerprint density at radius 1 is 1.31 bits per heavy atom. The van der Waals surface area contributed by atoms with Gasteiger partial charge in [0.1, 0.15) is 0 Å². The Morgan fingerprint density at radius 2 is 2.10 bits per heavy atom. The third-order valence-corrected chi connectivity index (χ3v) is 4.62. The van der Waals surface area contributed by atoms with Crippen LogP contribution in [-0.4, -0.2) is 37.9 Å². The topological polar surface area (TPSA) is 93.9 Å². The Morgan fingerprint density at radius 3 is 2.79 bits per heavy atom. The molecule has 9 heteroatoms. The van der Waals surface area contributed by atoms with Gasteiger partial charge in [0.25, 0.3) is 0 Å². The molecule has 1 aliphatic rings. The van der Waals surface area contributed by atoms with Crippen molar-refractivity contribution >= 4 is 5.71 Å². The lowest BCUT2D eigenvalue weighted by Gasteiger charge is -2.21. The quantitative estimate of drug-likeness (QED) is 0.856. The standard InChI is InChI=1S/C20H19F2N7/c1-13-7-8-17(20(21,22)19-24-27-28-25-19)9-10-29(26-15(13)3)12-18-14(2)5-4-6-16(18)11-23/h4-9H,1,10,12H2,2-3H3,(H,24,25,27,28)/b8-7-,17-9+,26-15-. The fourth-order valence-corrected chi connectivity index (χ4v) is 2.86. The number of halogens is 2. The highest BCUT2D eigenvalue weighted by Gasteiger charge is 2.39. The van der Waals surface area contributed by atoms with Crippen molar-refractivity contribution < 1.29 is 8.78 Å². The molecule has 2 aromatic rings. The van der Waals surface area contributed by atoms with Crippen LogP contribution < -0.4 is 0 Å². The molecule has 1 aliphatic heterocycles. The van der Waals surface area contributed by atoms with E-state index < -0.39 is 11.7 Å². The summed E-state index contributed by atoms with van der Waals surface area (Å²) >= 11 is 0. The van der Waals surface area contributed by atoms with E-state index in [1.165, 1.54) is 18.2 Å². The zero-order valence-electron chi connectivity index (χ0n) is 16.0. The van der Waals surface area contributed by atoms with Gasteiger partial charge in [-0.2, -0.15) is 19.1 Å². The molecular weight excluding hydrogens is 376 g/mol. The molecule has 29 heavy (non-hydrogen) atoms. The van der Waals surface area contributed by atoms with Gasteiger partial charge >= 0.3 is 5.92 Å². The molecular formula is C20H19F2N7. The first-order valence-corrected chi connectivity index (χ1v) is 8.81. The van der Waals surface area contributed by atoms with Crippen molar-refractivity contribution in [3.63, 3.8) is 0 Å². The molecule has 0 saturated heterocycles. The molecule has 3 rings (SSSR count). The number of H-pyrrole nitrogens is 1. The van der Waals surface area contributed by atoms with Gasteiger partial charge in [0, 0.05) is 5.57 Å². The Bertz CT molecular complexity index is 1040. The first kappa shape index (κ1) is 20.1. The molecule has 2 heterocycles. The third-order valence-electron chi connectivity index (χ3n) is 4.62. The van der Waals surface area contributed by atoms with Gasteiger partial charge in [-0.1, -0.05) is 36.9 Å². The number of aryl methyl sites for hydroxylation is 1. The minimum atomic E-state index is -3.41. The second-order valence-electron chi connectivity index (χ2n) is 6.59. The minimum Gasteiger partial charge on any atom is -0.288 e. The van der Waals surface area contributed by atoms with Crippen LogP contribution in [0.25, 0.3) is 0 Å². The number of tetrazole rings is 1. The van der Waals surface area contributed by atoms with Crippen molar-refractivity contribution in [3.05, 3.63) is 76.7 Å². The van der Waals surface area contributed by atoms with Crippen molar-refractivity contribution in [3.8, 4) is 6.07 Å². The van der Waals surface area contributed by atoms with Crippen LogP contribution in [0.4, 0.5) is 8.78 Å². The highest BCUT2D eigenvalue weighted by molar-refractivity contribution is 6.00. The zero-order valence-corrected chi connectivity index (χ0v) is 16.0. The van der Waals surface area contributed by atoms with Gasteiger partial charge in [0.05, 0.1) is 30.4 Å². The van der Waals surface area contributed by atoms with Crippen molar-refractivity contribution in [2.45, 2.75) is 26.3 Å². The lowest BCUT2D eigenvalue weighted by molar-refractivity contribution is 0.0314. The molecule has 0 unspecified atom stereocenters. The number of nitrogens with one attached hydrogen (secondary N) is 1. The maximum absolute atomic E-state index is 14.9. The average Bonchev–Trinajstić information content (AvgIpc) is 3.25. The van der Waals surface area contributed by atoms with Crippen molar-refractivity contribution in [2.75, 3.05) is 6.54 Å². The summed E-state index contributed by atoms with van der Waals surface area (Å²) in [6.45, 7) is 7.94. The number of hydrogen-bond donors (Lipinski definition) is 1. The predicted molar refractivity (Wildman–Crippen MR) is 104 cm³/mol. The van der Waals surface area contributed by atoms with Crippen molar-refractivity contribution in [1.29, 1.82) is 5.26 Å². The second kappa shape index (κ2) is 8.14. The van der Waals surface area contributed by atoms with E-state index in [9.17, 15) is 14.0 Å². The van der Waals surface area contributed by atoms with Gasteiger partial charge in [-0.05, 0) is 47.0 Å². The van der Waals surface area contributed by atoms with Crippen molar-refractivity contribution in [2.24, 2.45) is 5.10 Å². The number of rotatable bonds is 4. The number of benzene rings is 1. The summed E-state index contributed by atoms with van der Waals surface area (Å²) in [5.41, 5.74) is 3.06. The number of nitriles is 1. The Balaban J connectivity index is 1.98. The van der Waals surface area contributed by atoms with Crippen LogP contribution in [0.3, 0.4) is 0 Å². The molecule has 7 nitrogen and oxygen atoms in total. The van der Waals surface area contributed by atoms with Gasteiger partial charge in [-0.3, -0.25) is 5.01 Å². The average molecular weight is 395 g/mol. The summed E-state index contributed by atoms with van der Waals surface area (Å²) in [5.74, 6) is -4.06. The molecule has 0 saturated carbocycles. The molecule has 1 aromatic heterocycles. The van der Waals surface area contributed by atoms with Gasteiger partial charge in [0.2, 0.25) is 5.82 Å². The zero-order chi connectivity index (χ0) is 21.0. The maximum atomic E-state index is 14.9. The van der Waals surface area contributed by atoms with Crippen LogP contribution in [0, 0.1) is 18.3 Å². The Kier molecular flexibility index (Phi) is 5.64. The molecule has 0 fully saturated rings. The highest BCUT2D eigenvalue weighted by atomic mass is 19.3. The van der Waals surface area contributed by atoms with Crippen LogP contribution in [0.1, 0.15) is 29.4 Å². The van der Waals surface area contributed by atoms with Crippen molar-refractivity contribution in [1.82, 2.24) is 25.6 Å². The Labute approximate surface area is 166 Å². The summed E-state index contributed by atoms with van der Waals surface area (Å²) in [4.78, 5) is 0. The van der Waals surface area contributed by atoms with Gasteiger partial charge in [-0.25, -0.2) is 5.10 Å². The van der Waals surface area contributed by atoms with Crippen LogP contribution in [0.2, 0.25) is 0 Å². The molecule has 0 radical (unpaired) electrons. The van der Waals surface area contributed by atoms with Crippen LogP contribution in [0.15, 0.2) is 59.3 Å². The fraction of sp³-hybridized carbons (Fsp3) is 0.250. The number of alkyl halides is 2. The number of hydrogen-bond acceptors (Lipinski definition) is 6. The molecule has 148 valence electrons. The molecule has 0 aliphatic carbocycles. The number of nitrogens with zero attached hydrogens (tertiary/aromatic N) is 6.